The van der Waals surface area contributed by atoms with Gasteiger partial charge in [0.2, 0.25) is 0 Å². The van der Waals surface area contributed by atoms with Crippen LogP contribution in [0.4, 0.5) is 15.8 Å². The van der Waals surface area contributed by atoms with E-state index in [1.165, 1.54) is 24.7 Å². The zero-order valence-electron chi connectivity index (χ0n) is 10.2. The molecular formula is C11H13FN4O2S. The first-order valence-electron chi connectivity index (χ1n) is 5.52. The number of nitrogens with two attached hydrogens (primary N) is 1. The van der Waals surface area contributed by atoms with Crippen LogP contribution in [0.2, 0.25) is 0 Å². The van der Waals surface area contributed by atoms with Gasteiger partial charge in [0.25, 0.3) is 10.0 Å². The summed E-state index contributed by atoms with van der Waals surface area (Å²) in [5.74, 6) is -0.738. The monoisotopic (exact) mass is 284 g/mol. The first kappa shape index (κ1) is 13.3. The van der Waals surface area contributed by atoms with E-state index in [1.54, 1.807) is 4.57 Å². The lowest BCUT2D eigenvalue weighted by atomic mass is 10.3. The molecule has 0 bridgehead atoms. The van der Waals surface area contributed by atoms with Gasteiger partial charge < -0.3 is 10.3 Å². The predicted molar refractivity (Wildman–Crippen MR) is 69.5 cm³/mol. The van der Waals surface area contributed by atoms with Gasteiger partial charge in [-0.2, -0.15) is 8.42 Å². The Kier molecular flexibility index (Phi) is 3.43. The van der Waals surface area contributed by atoms with Crippen LogP contribution in [0.3, 0.4) is 0 Å². The second kappa shape index (κ2) is 4.88. The summed E-state index contributed by atoms with van der Waals surface area (Å²) in [6, 6.07) is 3.72. The normalized spacial score (nSPS) is 11.5. The molecule has 2 aromatic rings. The van der Waals surface area contributed by atoms with Gasteiger partial charge in [0.15, 0.2) is 5.03 Å². The number of benzene rings is 1. The SMILES string of the molecule is CCn1cnc(S(=O)(=O)Nc2ccc(N)cc2F)c1. The summed E-state index contributed by atoms with van der Waals surface area (Å²) >= 11 is 0. The van der Waals surface area contributed by atoms with E-state index in [9.17, 15) is 12.8 Å². The summed E-state index contributed by atoms with van der Waals surface area (Å²) < 4.78 is 41.2. The van der Waals surface area contributed by atoms with E-state index >= 15 is 0 Å². The van der Waals surface area contributed by atoms with E-state index in [2.05, 4.69) is 9.71 Å². The number of nitrogen functional groups attached to an aromatic ring is 1. The van der Waals surface area contributed by atoms with Gasteiger partial charge >= 0.3 is 0 Å². The van der Waals surface area contributed by atoms with Crippen LogP contribution in [-0.2, 0) is 16.6 Å². The number of aryl methyl sites for hydroxylation is 1. The molecule has 8 heteroatoms. The molecule has 3 N–H and O–H groups in total. The Bertz CT molecular complexity index is 696. The molecule has 0 spiro atoms. The molecule has 0 saturated carbocycles. The van der Waals surface area contributed by atoms with Crippen LogP contribution < -0.4 is 10.5 Å². The van der Waals surface area contributed by atoms with Gasteiger partial charge in [0.05, 0.1) is 12.0 Å². The van der Waals surface area contributed by atoms with Gasteiger partial charge in [-0.1, -0.05) is 0 Å². The third-order valence-corrected chi connectivity index (χ3v) is 3.74. The Hall–Kier alpha value is -2.09. The second-order valence-corrected chi connectivity index (χ2v) is 5.52. The summed E-state index contributed by atoms with van der Waals surface area (Å²) in [7, 11) is -3.90. The fourth-order valence-corrected chi connectivity index (χ4v) is 2.48. The quantitative estimate of drug-likeness (QED) is 0.831. The lowest BCUT2D eigenvalue weighted by molar-refractivity contribution is 0.595. The van der Waals surface area contributed by atoms with E-state index in [0.717, 1.165) is 6.07 Å². The Morgan fingerprint density at radius 1 is 1.47 bits per heavy atom. The van der Waals surface area contributed by atoms with Crippen molar-refractivity contribution in [2.45, 2.75) is 18.5 Å². The average Bonchev–Trinajstić information content (AvgIpc) is 2.82. The van der Waals surface area contributed by atoms with Crippen molar-refractivity contribution in [3.05, 3.63) is 36.5 Å². The number of imidazole rings is 1. The maximum atomic E-state index is 13.5. The zero-order chi connectivity index (χ0) is 14.0. The van der Waals surface area contributed by atoms with Crippen molar-refractivity contribution in [3.63, 3.8) is 0 Å². The maximum Gasteiger partial charge on any atom is 0.281 e. The molecule has 0 amide bonds. The van der Waals surface area contributed by atoms with Crippen LogP contribution in [0.1, 0.15) is 6.92 Å². The first-order chi connectivity index (χ1) is 8.92. The molecule has 1 aromatic heterocycles. The van der Waals surface area contributed by atoms with Crippen LogP contribution in [0, 0.1) is 5.82 Å². The molecule has 1 aromatic carbocycles. The highest BCUT2D eigenvalue weighted by Crippen LogP contribution is 2.20. The Morgan fingerprint density at radius 3 is 2.79 bits per heavy atom. The summed E-state index contributed by atoms with van der Waals surface area (Å²) in [6.45, 7) is 2.45. The lowest BCUT2D eigenvalue weighted by Gasteiger charge is -2.07. The Morgan fingerprint density at radius 2 is 2.21 bits per heavy atom. The molecule has 0 unspecified atom stereocenters. The molecule has 0 saturated heterocycles. The van der Waals surface area contributed by atoms with Crippen LogP contribution in [-0.4, -0.2) is 18.0 Å². The number of aromatic nitrogens is 2. The van der Waals surface area contributed by atoms with Crippen molar-refractivity contribution in [2.75, 3.05) is 10.5 Å². The third-order valence-electron chi connectivity index (χ3n) is 2.49. The molecule has 6 nitrogen and oxygen atoms in total. The standard InChI is InChI=1S/C11H13FN4O2S/c1-2-16-6-11(14-7-16)19(17,18)15-10-4-3-8(13)5-9(10)12/h3-7,15H,2,13H2,1H3. The highest BCUT2D eigenvalue weighted by Gasteiger charge is 2.19. The van der Waals surface area contributed by atoms with E-state index in [0.29, 0.717) is 6.54 Å². The summed E-state index contributed by atoms with van der Waals surface area (Å²) in [5.41, 5.74) is 5.44. The highest BCUT2D eigenvalue weighted by molar-refractivity contribution is 7.92. The minimum atomic E-state index is -3.90. The summed E-state index contributed by atoms with van der Waals surface area (Å²) in [6.07, 6.45) is 2.77. The molecule has 1 heterocycles. The van der Waals surface area contributed by atoms with E-state index in [1.807, 2.05) is 6.92 Å². The van der Waals surface area contributed by atoms with Crippen molar-refractivity contribution in [1.29, 1.82) is 0 Å². The number of halogens is 1. The number of nitrogens with one attached hydrogen (secondary N) is 1. The molecular weight excluding hydrogens is 271 g/mol. The highest BCUT2D eigenvalue weighted by atomic mass is 32.2. The Labute approximate surface area is 110 Å². The number of hydrogen-bond acceptors (Lipinski definition) is 4. The minimum Gasteiger partial charge on any atom is -0.399 e. The van der Waals surface area contributed by atoms with Crippen molar-refractivity contribution in [1.82, 2.24) is 9.55 Å². The molecule has 0 atom stereocenters. The first-order valence-corrected chi connectivity index (χ1v) is 7.00. The number of rotatable bonds is 4. The fraction of sp³-hybridized carbons (Fsp3) is 0.182. The molecule has 0 aliphatic carbocycles. The predicted octanol–water partition coefficient (Wildman–Crippen LogP) is 1.43. The van der Waals surface area contributed by atoms with Crippen molar-refractivity contribution < 1.29 is 12.8 Å². The van der Waals surface area contributed by atoms with Crippen molar-refractivity contribution in [3.8, 4) is 0 Å². The molecule has 19 heavy (non-hydrogen) atoms. The van der Waals surface area contributed by atoms with Crippen LogP contribution in [0.5, 0.6) is 0 Å². The number of hydrogen-bond donors (Lipinski definition) is 2. The molecule has 0 radical (unpaired) electrons. The smallest absolute Gasteiger partial charge is 0.281 e. The maximum absolute atomic E-state index is 13.5. The number of anilines is 2. The number of nitrogens with zero attached hydrogens (tertiary/aromatic N) is 2. The molecule has 102 valence electrons. The summed E-state index contributed by atoms with van der Waals surface area (Å²) in [5, 5.41) is -0.162. The number of sulfonamides is 1. The molecule has 0 aliphatic rings. The van der Waals surface area contributed by atoms with Gasteiger partial charge in [-0.25, -0.2) is 9.37 Å². The van der Waals surface area contributed by atoms with Crippen LogP contribution in [0.15, 0.2) is 35.7 Å². The third kappa shape index (κ3) is 2.84. The van der Waals surface area contributed by atoms with Gasteiger partial charge in [0.1, 0.15) is 5.82 Å². The van der Waals surface area contributed by atoms with Gasteiger partial charge in [-0.15, -0.1) is 0 Å². The molecule has 2 rings (SSSR count). The molecule has 0 aliphatic heterocycles. The van der Waals surface area contributed by atoms with Gasteiger partial charge in [-0.3, -0.25) is 4.72 Å². The fourth-order valence-electron chi connectivity index (χ4n) is 1.46. The van der Waals surface area contributed by atoms with Gasteiger partial charge in [-0.05, 0) is 25.1 Å². The van der Waals surface area contributed by atoms with Crippen molar-refractivity contribution >= 4 is 21.4 Å². The molecule has 0 fully saturated rings. The zero-order valence-corrected chi connectivity index (χ0v) is 11.0. The Balaban J connectivity index is 2.30. The van der Waals surface area contributed by atoms with E-state index in [-0.39, 0.29) is 16.4 Å². The second-order valence-electron chi connectivity index (χ2n) is 3.89. The topological polar surface area (TPSA) is 90.0 Å². The van der Waals surface area contributed by atoms with Gasteiger partial charge in [0, 0.05) is 18.4 Å². The van der Waals surface area contributed by atoms with E-state index in [4.69, 9.17) is 5.73 Å². The van der Waals surface area contributed by atoms with Crippen LogP contribution >= 0.6 is 0 Å². The average molecular weight is 284 g/mol. The summed E-state index contributed by atoms with van der Waals surface area (Å²) in [4.78, 5) is 3.77. The van der Waals surface area contributed by atoms with Crippen LogP contribution in [0.25, 0.3) is 0 Å². The largest absolute Gasteiger partial charge is 0.399 e. The van der Waals surface area contributed by atoms with Crippen molar-refractivity contribution in [2.24, 2.45) is 0 Å². The van der Waals surface area contributed by atoms with E-state index < -0.39 is 15.8 Å². The minimum absolute atomic E-state index is 0.162. The lowest BCUT2D eigenvalue weighted by Crippen LogP contribution is -2.14.